The fraction of sp³-hybridized carbons (Fsp3) is 0.412. The number of pyridine rings is 1. The number of ether oxygens (including phenoxy) is 1. The van der Waals surface area contributed by atoms with Crippen molar-refractivity contribution in [1.29, 1.82) is 0 Å². The maximum atomic E-state index is 12.7. The average molecular weight is 300 g/mol. The lowest BCUT2D eigenvalue weighted by atomic mass is 10.1. The van der Waals surface area contributed by atoms with Gasteiger partial charge in [0.1, 0.15) is 5.69 Å². The molecule has 1 saturated heterocycles. The lowest BCUT2D eigenvalue weighted by molar-refractivity contribution is 0.0535. The Morgan fingerprint density at radius 2 is 2.23 bits per heavy atom. The molecule has 2 aromatic rings. The number of rotatable bonds is 4. The summed E-state index contributed by atoms with van der Waals surface area (Å²) in [7, 11) is 0. The monoisotopic (exact) mass is 300 g/mol. The summed E-state index contributed by atoms with van der Waals surface area (Å²) < 4.78 is 5.60. The van der Waals surface area contributed by atoms with Gasteiger partial charge in [0.2, 0.25) is 0 Å². The number of likely N-dealkylation sites (N-methyl/N-ethyl adjacent to an activating group) is 1. The number of aromatic amines is 1. The van der Waals surface area contributed by atoms with Crippen LogP contribution in [0.15, 0.2) is 35.1 Å². The number of hydrogen-bond acceptors (Lipinski definition) is 3. The molecule has 0 spiro atoms. The van der Waals surface area contributed by atoms with Gasteiger partial charge in [-0.2, -0.15) is 0 Å². The van der Waals surface area contributed by atoms with Crippen LogP contribution in [0.1, 0.15) is 30.3 Å². The number of benzene rings is 1. The quantitative estimate of drug-likeness (QED) is 0.941. The van der Waals surface area contributed by atoms with Crippen molar-refractivity contribution < 1.29 is 9.53 Å². The van der Waals surface area contributed by atoms with Crippen molar-refractivity contribution in [2.75, 3.05) is 19.7 Å². The van der Waals surface area contributed by atoms with Crippen LogP contribution in [0.5, 0.6) is 0 Å². The summed E-state index contributed by atoms with van der Waals surface area (Å²) in [6.45, 7) is 3.87. The van der Waals surface area contributed by atoms with Crippen LogP contribution in [0.3, 0.4) is 0 Å². The molecule has 1 aromatic carbocycles. The van der Waals surface area contributed by atoms with Crippen molar-refractivity contribution >= 4 is 16.7 Å². The lowest BCUT2D eigenvalue weighted by Crippen LogP contribution is -2.38. The first kappa shape index (κ1) is 14.8. The largest absolute Gasteiger partial charge is 0.376 e. The van der Waals surface area contributed by atoms with Crippen LogP contribution < -0.4 is 5.56 Å². The van der Waals surface area contributed by atoms with Crippen LogP contribution in [0, 0.1) is 0 Å². The standard InChI is InChI=1S/C17H20N2O3/c1-2-19(11-13-7-5-9-22-13)17(21)15-10-12-6-3-4-8-14(12)16(20)18-15/h3-4,6,8,10,13H,2,5,7,9,11H2,1H3,(H,18,20). The number of amides is 1. The van der Waals surface area contributed by atoms with Crippen molar-refractivity contribution in [2.24, 2.45) is 0 Å². The molecule has 5 heteroatoms. The number of H-pyrrole nitrogens is 1. The van der Waals surface area contributed by atoms with Gasteiger partial charge in [-0.1, -0.05) is 18.2 Å². The SMILES string of the molecule is CCN(CC1CCCO1)C(=O)c1cc2ccccc2c(=O)[nH]1. The van der Waals surface area contributed by atoms with Gasteiger partial charge < -0.3 is 14.6 Å². The zero-order chi connectivity index (χ0) is 15.5. The van der Waals surface area contributed by atoms with E-state index in [-0.39, 0.29) is 17.6 Å². The van der Waals surface area contributed by atoms with Gasteiger partial charge in [0.25, 0.3) is 11.5 Å². The minimum absolute atomic E-state index is 0.107. The third kappa shape index (κ3) is 2.90. The second kappa shape index (κ2) is 6.32. The third-order valence-electron chi connectivity index (χ3n) is 4.10. The predicted octanol–water partition coefficient (Wildman–Crippen LogP) is 2.17. The maximum Gasteiger partial charge on any atom is 0.270 e. The van der Waals surface area contributed by atoms with E-state index in [4.69, 9.17) is 4.74 Å². The van der Waals surface area contributed by atoms with E-state index in [1.165, 1.54) is 0 Å². The van der Waals surface area contributed by atoms with Crippen molar-refractivity contribution in [3.05, 3.63) is 46.4 Å². The molecule has 0 bridgehead atoms. The summed E-state index contributed by atoms with van der Waals surface area (Å²) in [5, 5.41) is 1.38. The molecule has 1 N–H and O–H groups in total. The Hall–Kier alpha value is -2.14. The molecule has 1 aliphatic heterocycles. The summed E-state index contributed by atoms with van der Waals surface area (Å²) in [5.74, 6) is -0.152. The highest BCUT2D eigenvalue weighted by Crippen LogP contribution is 2.16. The molecular weight excluding hydrogens is 280 g/mol. The Kier molecular flexibility index (Phi) is 4.24. The van der Waals surface area contributed by atoms with Crippen LogP contribution in [0.25, 0.3) is 10.8 Å². The molecule has 1 amide bonds. The second-order valence-corrected chi connectivity index (χ2v) is 5.58. The molecule has 0 aliphatic carbocycles. The van der Waals surface area contributed by atoms with Crippen LogP contribution >= 0.6 is 0 Å². The number of carbonyl (C=O) groups excluding carboxylic acids is 1. The highest BCUT2D eigenvalue weighted by Gasteiger charge is 2.23. The molecule has 1 unspecified atom stereocenters. The van der Waals surface area contributed by atoms with Crippen LogP contribution in [0.2, 0.25) is 0 Å². The van der Waals surface area contributed by atoms with E-state index in [1.807, 2.05) is 25.1 Å². The molecule has 22 heavy (non-hydrogen) atoms. The van der Waals surface area contributed by atoms with Crippen molar-refractivity contribution in [2.45, 2.75) is 25.9 Å². The van der Waals surface area contributed by atoms with Crippen molar-refractivity contribution in [3.8, 4) is 0 Å². The molecule has 1 atom stereocenters. The Balaban J connectivity index is 1.88. The first-order chi connectivity index (χ1) is 10.7. The predicted molar refractivity (Wildman–Crippen MR) is 85.1 cm³/mol. The normalized spacial score (nSPS) is 17.8. The Morgan fingerprint density at radius 3 is 2.95 bits per heavy atom. The molecule has 0 radical (unpaired) electrons. The molecule has 3 rings (SSSR count). The molecule has 0 saturated carbocycles. The zero-order valence-electron chi connectivity index (χ0n) is 12.7. The molecule has 1 aromatic heterocycles. The first-order valence-electron chi connectivity index (χ1n) is 7.72. The minimum Gasteiger partial charge on any atom is -0.376 e. The lowest BCUT2D eigenvalue weighted by Gasteiger charge is -2.24. The molecule has 1 aliphatic rings. The highest BCUT2D eigenvalue weighted by atomic mass is 16.5. The Bertz CT molecular complexity index is 732. The van der Waals surface area contributed by atoms with Gasteiger partial charge in [0.05, 0.1) is 6.10 Å². The van der Waals surface area contributed by atoms with E-state index in [0.29, 0.717) is 24.2 Å². The van der Waals surface area contributed by atoms with Crippen molar-refractivity contribution in [1.82, 2.24) is 9.88 Å². The van der Waals surface area contributed by atoms with E-state index >= 15 is 0 Å². The Labute approximate surface area is 128 Å². The van der Waals surface area contributed by atoms with Gasteiger partial charge in [-0.25, -0.2) is 0 Å². The third-order valence-corrected chi connectivity index (χ3v) is 4.10. The summed E-state index contributed by atoms with van der Waals surface area (Å²) in [6.07, 6.45) is 2.14. The van der Waals surface area contributed by atoms with Gasteiger partial charge in [0.15, 0.2) is 0 Å². The van der Waals surface area contributed by atoms with Gasteiger partial charge in [-0.15, -0.1) is 0 Å². The number of nitrogens with zero attached hydrogens (tertiary/aromatic N) is 1. The van der Waals surface area contributed by atoms with Gasteiger partial charge in [0, 0.05) is 25.1 Å². The first-order valence-corrected chi connectivity index (χ1v) is 7.72. The maximum absolute atomic E-state index is 12.7. The summed E-state index contributed by atoms with van der Waals surface area (Å²) in [4.78, 5) is 29.2. The highest BCUT2D eigenvalue weighted by molar-refractivity contribution is 5.96. The number of aromatic nitrogens is 1. The number of hydrogen-bond donors (Lipinski definition) is 1. The number of fused-ring (bicyclic) bond motifs is 1. The molecule has 5 nitrogen and oxygen atoms in total. The summed E-state index contributed by atoms with van der Waals surface area (Å²) >= 11 is 0. The summed E-state index contributed by atoms with van der Waals surface area (Å²) in [6, 6.07) is 9.02. The average Bonchev–Trinajstić information content (AvgIpc) is 3.05. The van der Waals surface area contributed by atoms with Gasteiger partial charge in [-0.3, -0.25) is 9.59 Å². The Morgan fingerprint density at radius 1 is 1.41 bits per heavy atom. The summed E-state index contributed by atoms with van der Waals surface area (Å²) in [5.41, 5.74) is 0.109. The fourth-order valence-corrected chi connectivity index (χ4v) is 2.89. The second-order valence-electron chi connectivity index (χ2n) is 5.58. The topological polar surface area (TPSA) is 62.4 Å². The number of carbonyl (C=O) groups is 1. The van der Waals surface area contributed by atoms with Crippen LogP contribution in [-0.4, -0.2) is 41.6 Å². The molecular formula is C17H20N2O3. The van der Waals surface area contributed by atoms with E-state index in [9.17, 15) is 9.59 Å². The van der Waals surface area contributed by atoms with Crippen LogP contribution in [0.4, 0.5) is 0 Å². The smallest absolute Gasteiger partial charge is 0.270 e. The van der Waals surface area contributed by atoms with E-state index in [1.54, 1.807) is 17.0 Å². The molecule has 1 fully saturated rings. The van der Waals surface area contributed by atoms with Gasteiger partial charge in [-0.05, 0) is 37.3 Å². The van der Waals surface area contributed by atoms with E-state index in [0.717, 1.165) is 24.8 Å². The molecule has 116 valence electrons. The van der Waals surface area contributed by atoms with Crippen molar-refractivity contribution in [3.63, 3.8) is 0 Å². The van der Waals surface area contributed by atoms with Crippen LogP contribution in [-0.2, 0) is 4.74 Å². The fourth-order valence-electron chi connectivity index (χ4n) is 2.89. The van der Waals surface area contributed by atoms with Gasteiger partial charge >= 0.3 is 0 Å². The van der Waals surface area contributed by atoms with E-state index in [2.05, 4.69) is 4.98 Å². The minimum atomic E-state index is -0.227. The van der Waals surface area contributed by atoms with E-state index < -0.39 is 0 Å². The molecule has 2 heterocycles. The zero-order valence-corrected chi connectivity index (χ0v) is 12.7. The number of nitrogens with one attached hydrogen (secondary N) is 1.